The molecule has 4 heteroatoms. The van der Waals surface area contributed by atoms with Crippen molar-refractivity contribution in [1.82, 2.24) is 5.32 Å². The summed E-state index contributed by atoms with van der Waals surface area (Å²) in [5, 5.41) is 14.0. The molecule has 0 atom stereocenters. The maximum Gasteiger partial charge on any atom is 0.0653 e. The standard InChI is InChI=1S/C14H21ClN2O/c1-14(18)6-8-17(9-7-14)13-5-3-4-12(15)11(13)10-16-2/h3-5,16,18H,6-10H2,1-2H3. The van der Waals surface area contributed by atoms with E-state index in [9.17, 15) is 5.11 Å². The van der Waals surface area contributed by atoms with Crippen LogP contribution in [0.3, 0.4) is 0 Å². The van der Waals surface area contributed by atoms with Crippen LogP contribution in [0, 0.1) is 0 Å². The molecule has 0 bridgehead atoms. The highest BCUT2D eigenvalue weighted by atomic mass is 35.5. The van der Waals surface area contributed by atoms with Crippen LogP contribution in [-0.2, 0) is 6.54 Å². The Bertz CT molecular complexity index is 410. The van der Waals surface area contributed by atoms with Gasteiger partial charge >= 0.3 is 0 Å². The van der Waals surface area contributed by atoms with Crippen molar-refractivity contribution in [3.63, 3.8) is 0 Å². The molecule has 0 amide bonds. The first kappa shape index (κ1) is 13.7. The van der Waals surface area contributed by atoms with Crippen LogP contribution >= 0.6 is 11.6 Å². The third-order valence-electron chi connectivity index (χ3n) is 3.63. The van der Waals surface area contributed by atoms with Crippen molar-refractivity contribution < 1.29 is 5.11 Å². The highest BCUT2D eigenvalue weighted by Crippen LogP contribution is 2.31. The minimum Gasteiger partial charge on any atom is -0.390 e. The molecule has 1 aromatic carbocycles. The van der Waals surface area contributed by atoms with Crippen molar-refractivity contribution in [2.75, 3.05) is 25.0 Å². The lowest BCUT2D eigenvalue weighted by Crippen LogP contribution is -2.42. The maximum atomic E-state index is 10.0. The van der Waals surface area contributed by atoms with Crippen molar-refractivity contribution in [2.24, 2.45) is 0 Å². The fourth-order valence-electron chi connectivity index (χ4n) is 2.42. The minimum absolute atomic E-state index is 0.516. The zero-order valence-electron chi connectivity index (χ0n) is 11.0. The molecular weight excluding hydrogens is 248 g/mol. The third-order valence-corrected chi connectivity index (χ3v) is 3.98. The number of nitrogens with one attached hydrogen (secondary N) is 1. The quantitative estimate of drug-likeness (QED) is 0.884. The first-order valence-electron chi connectivity index (χ1n) is 6.43. The van der Waals surface area contributed by atoms with Crippen LogP contribution in [0.5, 0.6) is 0 Å². The van der Waals surface area contributed by atoms with Crippen LogP contribution < -0.4 is 10.2 Å². The minimum atomic E-state index is -0.516. The largest absolute Gasteiger partial charge is 0.390 e. The van der Waals surface area contributed by atoms with Gasteiger partial charge in [-0.2, -0.15) is 0 Å². The van der Waals surface area contributed by atoms with Gasteiger partial charge in [0.25, 0.3) is 0 Å². The monoisotopic (exact) mass is 268 g/mol. The molecule has 0 spiro atoms. The highest BCUT2D eigenvalue weighted by Gasteiger charge is 2.28. The molecular formula is C14H21ClN2O. The van der Waals surface area contributed by atoms with E-state index in [4.69, 9.17) is 11.6 Å². The number of halogens is 1. The SMILES string of the molecule is CNCc1c(Cl)cccc1N1CCC(C)(O)CC1. The van der Waals surface area contributed by atoms with Crippen molar-refractivity contribution >= 4 is 17.3 Å². The average Bonchev–Trinajstić information content (AvgIpc) is 2.32. The Balaban J connectivity index is 2.21. The molecule has 1 fully saturated rings. The number of anilines is 1. The molecule has 0 saturated carbocycles. The van der Waals surface area contributed by atoms with Gasteiger partial charge in [0.1, 0.15) is 0 Å². The second-order valence-electron chi connectivity index (χ2n) is 5.25. The lowest BCUT2D eigenvalue weighted by Gasteiger charge is -2.38. The van der Waals surface area contributed by atoms with Gasteiger partial charge in [0.2, 0.25) is 0 Å². The summed E-state index contributed by atoms with van der Waals surface area (Å²) in [6.07, 6.45) is 1.61. The fraction of sp³-hybridized carbons (Fsp3) is 0.571. The molecule has 0 aliphatic carbocycles. The molecule has 2 rings (SSSR count). The third kappa shape index (κ3) is 2.97. The summed E-state index contributed by atoms with van der Waals surface area (Å²) < 4.78 is 0. The lowest BCUT2D eigenvalue weighted by atomic mass is 9.93. The number of hydrogen-bond donors (Lipinski definition) is 2. The van der Waals surface area contributed by atoms with Crippen LogP contribution in [0.2, 0.25) is 5.02 Å². The topological polar surface area (TPSA) is 35.5 Å². The van der Waals surface area contributed by atoms with E-state index in [0.717, 1.165) is 43.1 Å². The van der Waals surface area contributed by atoms with Crippen molar-refractivity contribution in [1.29, 1.82) is 0 Å². The lowest BCUT2D eigenvalue weighted by molar-refractivity contribution is 0.0351. The van der Waals surface area contributed by atoms with Crippen LogP contribution in [0.1, 0.15) is 25.3 Å². The Kier molecular flexibility index (Phi) is 4.15. The van der Waals surface area contributed by atoms with Gasteiger partial charge < -0.3 is 15.3 Å². The average molecular weight is 269 g/mol. The van der Waals surface area contributed by atoms with Gasteiger partial charge in [-0.05, 0) is 38.9 Å². The van der Waals surface area contributed by atoms with Crippen LogP contribution in [0.4, 0.5) is 5.69 Å². The van der Waals surface area contributed by atoms with Gasteiger partial charge in [-0.3, -0.25) is 0 Å². The Morgan fingerprint density at radius 1 is 1.39 bits per heavy atom. The molecule has 3 nitrogen and oxygen atoms in total. The van der Waals surface area contributed by atoms with E-state index >= 15 is 0 Å². The molecule has 1 aliphatic rings. The first-order chi connectivity index (χ1) is 8.53. The summed E-state index contributed by atoms with van der Waals surface area (Å²) in [6.45, 7) is 4.44. The Morgan fingerprint density at radius 3 is 2.67 bits per heavy atom. The van der Waals surface area contributed by atoms with Gasteiger partial charge in [-0.15, -0.1) is 0 Å². The first-order valence-corrected chi connectivity index (χ1v) is 6.80. The second-order valence-corrected chi connectivity index (χ2v) is 5.66. The van der Waals surface area contributed by atoms with E-state index < -0.39 is 5.60 Å². The molecule has 1 saturated heterocycles. The van der Waals surface area contributed by atoms with E-state index in [2.05, 4.69) is 16.3 Å². The van der Waals surface area contributed by atoms with Crippen molar-refractivity contribution in [3.8, 4) is 0 Å². The smallest absolute Gasteiger partial charge is 0.0653 e. The fourth-order valence-corrected chi connectivity index (χ4v) is 2.66. The van der Waals surface area contributed by atoms with Gasteiger partial charge in [0.05, 0.1) is 5.60 Å². The molecule has 1 heterocycles. The zero-order valence-corrected chi connectivity index (χ0v) is 11.8. The van der Waals surface area contributed by atoms with Crippen molar-refractivity contribution in [2.45, 2.75) is 31.9 Å². The van der Waals surface area contributed by atoms with E-state index in [1.165, 1.54) is 5.69 Å². The van der Waals surface area contributed by atoms with Crippen LogP contribution in [0.25, 0.3) is 0 Å². The second kappa shape index (κ2) is 5.47. The Morgan fingerprint density at radius 2 is 2.06 bits per heavy atom. The van der Waals surface area contributed by atoms with Gasteiger partial charge in [-0.1, -0.05) is 17.7 Å². The van der Waals surface area contributed by atoms with E-state index in [1.807, 2.05) is 26.1 Å². The molecule has 18 heavy (non-hydrogen) atoms. The number of nitrogens with zero attached hydrogens (tertiary/aromatic N) is 1. The Hall–Kier alpha value is -0.770. The van der Waals surface area contributed by atoms with Gasteiger partial charge in [-0.25, -0.2) is 0 Å². The summed E-state index contributed by atoms with van der Waals surface area (Å²) in [5.41, 5.74) is 1.81. The number of benzene rings is 1. The number of hydrogen-bond acceptors (Lipinski definition) is 3. The van der Waals surface area contributed by atoms with E-state index in [1.54, 1.807) is 0 Å². The molecule has 0 unspecified atom stereocenters. The van der Waals surface area contributed by atoms with E-state index in [0.29, 0.717) is 0 Å². The number of aliphatic hydroxyl groups is 1. The maximum absolute atomic E-state index is 10.0. The summed E-state index contributed by atoms with van der Waals surface area (Å²) in [5.74, 6) is 0. The molecule has 1 aromatic rings. The molecule has 0 radical (unpaired) electrons. The summed E-state index contributed by atoms with van der Waals surface area (Å²) >= 11 is 6.27. The molecule has 2 N–H and O–H groups in total. The number of piperidine rings is 1. The number of rotatable bonds is 3. The zero-order chi connectivity index (χ0) is 13.2. The highest BCUT2D eigenvalue weighted by molar-refractivity contribution is 6.31. The van der Waals surface area contributed by atoms with Crippen molar-refractivity contribution in [3.05, 3.63) is 28.8 Å². The summed E-state index contributed by atoms with van der Waals surface area (Å²) in [7, 11) is 1.92. The van der Waals surface area contributed by atoms with Crippen LogP contribution in [0.15, 0.2) is 18.2 Å². The van der Waals surface area contributed by atoms with Crippen LogP contribution in [-0.4, -0.2) is 30.8 Å². The molecule has 1 aliphatic heterocycles. The predicted molar refractivity (Wildman–Crippen MR) is 76.3 cm³/mol. The molecule has 0 aromatic heterocycles. The van der Waals surface area contributed by atoms with Gasteiger partial charge in [0, 0.05) is 35.9 Å². The van der Waals surface area contributed by atoms with E-state index in [-0.39, 0.29) is 0 Å². The Labute approximate surface area is 114 Å². The summed E-state index contributed by atoms with van der Waals surface area (Å²) in [4.78, 5) is 2.32. The normalized spacial score (nSPS) is 19.0. The van der Waals surface area contributed by atoms with Gasteiger partial charge in [0.15, 0.2) is 0 Å². The summed E-state index contributed by atoms with van der Waals surface area (Å²) in [6, 6.07) is 6.03. The predicted octanol–water partition coefficient (Wildman–Crippen LogP) is 2.41. The molecule has 100 valence electrons.